The molecular formula is C14H13NO. The van der Waals surface area contributed by atoms with Crippen LogP contribution in [-0.2, 0) is 4.74 Å². The van der Waals surface area contributed by atoms with E-state index in [4.69, 9.17) is 4.74 Å². The summed E-state index contributed by atoms with van der Waals surface area (Å²) < 4.78 is 5.33. The number of ether oxygens (including phenoxy) is 1. The Hall–Kier alpha value is -1.83. The zero-order valence-electron chi connectivity index (χ0n) is 9.40. The second kappa shape index (κ2) is 3.34. The van der Waals surface area contributed by atoms with Gasteiger partial charge in [-0.15, -0.1) is 0 Å². The van der Waals surface area contributed by atoms with Crippen molar-refractivity contribution in [3.8, 4) is 0 Å². The molecule has 0 amide bonds. The molecule has 0 fully saturated rings. The van der Waals surface area contributed by atoms with Gasteiger partial charge in [-0.25, -0.2) is 0 Å². The lowest BCUT2D eigenvalue weighted by molar-refractivity contribution is 0.298. The van der Waals surface area contributed by atoms with Crippen molar-refractivity contribution in [3.05, 3.63) is 58.3 Å². The Kier molecular flexibility index (Phi) is 1.96. The van der Waals surface area contributed by atoms with E-state index < -0.39 is 0 Å². The molecule has 2 nitrogen and oxygen atoms in total. The van der Waals surface area contributed by atoms with E-state index in [0.29, 0.717) is 0 Å². The molecule has 1 atom stereocenters. The molecule has 1 aromatic rings. The van der Waals surface area contributed by atoms with Crippen molar-refractivity contribution < 1.29 is 4.74 Å². The minimum Gasteiger partial charge on any atom is -0.497 e. The van der Waals surface area contributed by atoms with Gasteiger partial charge in [-0.2, -0.15) is 0 Å². The van der Waals surface area contributed by atoms with Gasteiger partial charge in [0.05, 0.1) is 18.5 Å². The first kappa shape index (κ1) is 9.40. The van der Waals surface area contributed by atoms with Crippen LogP contribution < -0.4 is 10.6 Å². The summed E-state index contributed by atoms with van der Waals surface area (Å²) >= 11 is 0. The molecule has 2 aliphatic rings. The van der Waals surface area contributed by atoms with Gasteiger partial charge >= 0.3 is 0 Å². The van der Waals surface area contributed by atoms with Gasteiger partial charge in [-0.05, 0) is 36.3 Å². The summed E-state index contributed by atoms with van der Waals surface area (Å²) in [7, 11) is 1.70. The van der Waals surface area contributed by atoms with Gasteiger partial charge in [0.2, 0.25) is 0 Å². The molecule has 1 unspecified atom stereocenters. The van der Waals surface area contributed by atoms with Crippen molar-refractivity contribution in [1.29, 1.82) is 0 Å². The topological polar surface area (TPSA) is 21.6 Å². The molecule has 0 radical (unpaired) electrons. The minimum absolute atomic E-state index is 0.135. The molecule has 0 N–H and O–H groups in total. The fraction of sp³-hybridized carbons (Fsp3) is 0.214. The van der Waals surface area contributed by atoms with Gasteiger partial charge in [0.1, 0.15) is 5.76 Å². The standard InChI is InChI=1S/C14H13NO/c1-9-7-11-10-5-3-4-6-12(10)15-13(11)8-14(9)16-2/h3-8,13H,1-2H3. The smallest absolute Gasteiger partial charge is 0.120 e. The molecule has 16 heavy (non-hydrogen) atoms. The number of benzene rings is 1. The monoisotopic (exact) mass is 211 g/mol. The molecule has 1 aliphatic carbocycles. The summed E-state index contributed by atoms with van der Waals surface area (Å²) in [4.78, 5) is 4.67. The maximum absolute atomic E-state index is 5.33. The molecule has 80 valence electrons. The van der Waals surface area contributed by atoms with Crippen molar-refractivity contribution in [2.24, 2.45) is 4.99 Å². The molecule has 0 saturated heterocycles. The molecule has 1 heterocycles. The molecular weight excluding hydrogens is 198 g/mol. The Balaban J connectivity index is 2.27. The van der Waals surface area contributed by atoms with E-state index >= 15 is 0 Å². The molecule has 0 spiro atoms. The summed E-state index contributed by atoms with van der Waals surface area (Å²) in [6.07, 6.45) is 4.27. The van der Waals surface area contributed by atoms with E-state index in [1.807, 2.05) is 6.07 Å². The first-order valence-corrected chi connectivity index (χ1v) is 5.41. The largest absolute Gasteiger partial charge is 0.497 e. The molecule has 1 aliphatic heterocycles. The average molecular weight is 211 g/mol. The van der Waals surface area contributed by atoms with Gasteiger partial charge < -0.3 is 4.74 Å². The van der Waals surface area contributed by atoms with E-state index in [-0.39, 0.29) is 6.04 Å². The van der Waals surface area contributed by atoms with Crippen LogP contribution in [-0.4, -0.2) is 13.2 Å². The summed E-state index contributed by atoms with van der Waals surface area (Å²) in [5.74, 6) is 0.935. The quantitative estimate of drug-likeness (QED) is 0.686. The summed E-state index contributed by atoms with van der Waals surface area (Å²) in [5.41, 5.74) is 2.45. The van der Waals surface area contributed by atoms with Crippen molar-refractivity contribution >= 4 is 5.57 Å². The van der Waals surface area contributed by atoms with Crippen LogP contribution in [0.15, 0.2) is 52.7 Å². The van der Waals surface area contributed by atoms with Crippen molar-refractivity contribution in [2.45, 2.75) is 13.0 Å². The number of hydrogen-bond acceptors (Lipinski definition) is 2. The first-order chi connectivity index (χ1) is 7.79. The van der Waals surface area contributed by atoms with Gasteiger partial charge in [0.25, 0.3) is 0 Å². The summed E-state index contributed by atoms with van der Waals surface area (Å²) in [6, 6.07) is 8.41. The maximum Gasteiger partial charge on any atom is 0.120 e. The third-order valence-electron chi connectivity index (χ3n) is 3.10. The van der Waals surface area contributed by atoms with Crippen LogP contribution in [0, 0.1) is 0 Å². The highest BCUT2D eigenvalue weighted by Gasteiger charge is 2.21. The van der Waals surface area contributed by atoms with Crippen LogP contribution in [0.3, 0.4) is 0 Å². The highest BCUT2D eigenvalue weighted by molar-refractivity contribution is 5.70. The van der Waals surface area contributed by atoms with E-state index in [1.165, 1.54) is 16.4 Å². The van der Waals surface area contributed by atoms with Crippen molar-refractivity contribution in [2.75, 3.05) is 7.11 Å². The van der Waals surface area contributed by atoms with Crippen LogP contribution in [0.5, 0.6) is 0 Å². The van der Waals surface area contributed by atoms with Gasteiger partial charge in [0.15, 0.2) is 0 Å². The van der Waals surface area contributed by atoms with E-state index in [1.54, 1.807) is 7.11 Å². The fourth-order valence-corrected chi connectivity index (χ4v) is 2.31. The number of fused-ring (bicyclic) bond motifs is 2. The lowest BCUT2D eigenvalue weighted by atomic mass is 9.97. The van der Waals surface area contributed by atoms with Gasteiger partial charge in [-0.3, -0.25) is 4.99 Å². The molecule has 3 rings (SSSR count). The Morgan fingerprint density at radius 1 is 1.25 bits per heavy atom. The third-order valence-corrected chi connectivity index (χ3v) is 3.10. The Bertz CT molecular complexity index is 622. The molecule has 0 saturated carbocycles. The lowest BCUT2D eigenvalue weighted by Gasteiger charge is -2.16. The zero-order valence-corrected chi connectivity index (χ0v) is 9.40. The van der Waals surface area contributed by atoms with Crippen LogP contribution in [0.4, 0.5) is 0 Å². The Morgan fingerprint density at radius 2 is 2.06 bits per heavy atom. The van der Waals surface area contributed by atoms with E-state index in [9.17, 15) is 0 Å². The number of rotatable bonds is 1. The van der Waals surface area contributed by atoms with Crippen LogP contribution in [0.1, 0.15) is 6.92 Å². The SMILES string of the molecule is COC1=CC2N=c3ccccc3=C2C=C1C. The molecule has 2 heteroatoms. The number of hydrogen-bond donors (Lipinski definition) is 0. The average Bonchev–Trinajstić information content (AvgIpc) is 2.66. The number of para-hydroxylation sites is 1. The Labute approximate surface area is 94.3 Å². The second-order valence-corrected chi connectivity index (χ2v) is 4.11. The zero-order chi connectivity index (χ0) is 11.1. The van der Waals surface area contributed by atoms with Crippen LogP contribution in [0.25, 0.3) is 5.57 Å². The van der Waals surface area contributed by atoms with Gasteiger partial charge in [0, 0.05) is 5.22 Å². The summed E-state index contributed by atoms with van der Waals surface area (Å²) in [6.45, 7) is 2.07. The highest BCUT2D eigenvalue weighted by atomic mass is 16.5. The first-order valence-electron chi connectivity index (χ1n) is 5.41. The van der Waals surface area contributed by atoms with Gasteiger partial charge in [-0.1, -0.05) is 18.2 Å². The number of allylic oxidation sites excluding steroid dienone is 1. The molecule has 0 bridgehead atoms. The maximum atomic E-state index is 5.33. The van der Waals surface area contributed by atoms with E-state index in [2.05, 4.69) is 42.3 Å². The van der Waals surface area contributed by atoms with Crippen LogP contribution >= 0.6 is 0 Å². The van der Waals surface area contributed by atoms with Crippen LogP contribution in [0.2, 0.25) is 0 Å². The number of methoxy groups -OCH3 is 1. The van der Waals surface area contributed by atoms with Crippen molar-refractivity contribution in [3.63, 3.8) is 0 Å². The minimum atomic E-state index is 0.135. The fourth-order valence-electron chi connectivity index (χ4n) is 2.31. The highest BCUT2D eigenvalue weighted by Crippen LogP contribution is 2.25. The predicted molar refractivity (Wildman–Crippen MR) is 63.3 cm³/mol. The normalized spacial score (nSPS) is 21.6. The molecule has 0 aromatic heterocycles. The third kappa shape index (κ3) is 1.23. The lowest BCUT2D eigenvalue weighted by Crippen LogP contribution is -2.22. The number of nitrogens with zero attached hydrogens (tertiary/aromatic N) is 1. The van der Waals surface area contributed by atoms with Crippen molar-refractivity contribution in [1.82, 2.24) is 0 Å². The Morgan fingerprint density at radius 3 is 2.88 bits per heavy atom. The summed E-state index contributed by atoms with van der Waals surface area (Å²) in [5, 5.41) is 2.33. The van der Waals surface area contributed by atoms with E-state index in [0.717, 1.165) is 11.1 Å². The second-order valence-electron chi connectivity index (χ2n) is 4.11. The molecule has 1 aromatic carbocycles. The predicted octanol–water partition coefficient (Wildman–Crippen LogP) is 1.33.